The summed E-state index contributed by atoms with van der Waals surface area (Å²) in [7, 11) is 0. The van der Waals surface area contributed by atoms with Crippen LogP contribution in [0.4, 0.5) is 0 Å². The summed E-state index contributed by atoms with van der Waals surface area (Å²) in [4.78, 5) is 0. The van der Waals surface area contributed by atoms with E-state index < -0.39 is 0 Å². The smallest absolute Gasteiger partial charge is 0.0250 e. The van der Waals surface area contributed by atoms with E-state index >= 15 is 0 Å². The van der Waals surface area contributed by atoms with Gasteiger partial charge in [-0.2, -0.15) is 0 Å². The highest BCUT2D eigenvalue weighted by Crippen LogP contribution is 2.24. The van der Waals surface area contributed by atoms with Crippen molar-refractivity contribution < 1.29 is 0 Å². The van der Waals surface area contributed by atoms with Crippen molar-refractivity contribution in [2.45, 2.75) is 6.42 Å². The summed E-state index contributed by atoms with van der Waals surface area (Å²) in [6.45, 7) is 2.09. The summed E-state index contributed by atoms with van der Waals surface area (Å²) in [5.74, 6) is 0. The maximum atomic E-state index is 3.56. The molecule has 0 bridgehead atoms. The van der Waals surface area contributed by atoms with E-state index in [9.17, 15) is 0 Å². The van der Waals surface area contributed by atoms with Crippen LogP contribution in [0.5, 0.6) is 0 Å². The molecule has 1 aromatic carbocycles. The number of hydrogen-bond donors (Lipinski definition) is 1. The van der Waals surface area contributed by atoms with Gasteiger partial charge in [0.1, 0.15) is 0 Å². The molecule has 1 nitrogen and oxygen atoms in total. The molecule has 1 aromatic rings. The van der Waals surface area contributed by atoms with Crippen molar-refractivity contribution in [3.05, 3.63) is 40.4 Å². The van der Waals surface area contributed by atoms with Crippen molar-refractivity contribution >= 4 is 21.5 Å². The summed E-state index contributed by atoms with van der Waals surface area (Å²) < 4.78 is 1.19. The molecule has 0 atom stereocenters. The third-order valence-electron chi connectivity index (χ3n) is 2.25. The molecule has 0 amide bonds. The fourth-order valence-corrected chi connectivity index (χ4v) is 2.11. The normalized spacial score (nSPS) is 16.8. The number of rotatable bonds is 1. The Bertz CT molecular complexity index is 331. The first-order chi connectivity index (χ1) is 6.38. The molecule has 13 heavy (non-hydrogen) atoms. The van der Waals surface area contributed by atoms with Gasteiger partial charge in [-0.15, -0.1) is 0 Å². The maximum absolute atomic E-state index is 3.56. The van der Waals surface area contributed by atoms with Crippen molar-refractivity contribution in [2.24, 2.45) is 0 Å². The van der Waals surface area contributed by atoms with E-state index in [1.807, 2.05) is 6.07 Å². The zero-order valence-electron chi connectivity index (χ0n) is 7.39. The fourth-order valence-electron chi connectivity index (χ4n) is 1.57. The average Bonchev–Trinajstić information content (AvgIpc) is 2.20. The highest BCUT2D eigenvalue weighted by Gasteiger charge is 2.07. The molecule has 1 aliphatic heterocycles. The molecule has 0 fully saturated rings. The first-order valence-corrected chi connectivity index (χ1v) is 5.32. The van der Waals surface area contributed by atoms with E-state index in [1.165, 1.54) is 15.6 Å². The van der Waals surface area contributed by atoms with Crippen LogP contribution in [0.1, 0.15) is 12.0 Å². The van der Waals surface area contributed by atoms with Crippen LogP contribution >= 0.6 is 15.9 Å². The second-order valence-electron chi connectivity index (χ2n) is 3.17. The molecule has 1 N–H and O–H groups in total. The Hall–Kier alpha value is -0.600. The molecule has 1 heterocycles. The van der Waals surface area contributed by atoms with Gasteiger partial charge in [0.05, 0.1) is 0 Å². The summed E-state index contributed by atoms with van der Waals surface area (Å²) >= 11 is 3.56. The monoisotopic (exact) mass is 237 g/mol. The predicted molar refractivity (Wildman–Crippen MR) is 59.6 cm³/mol. The molecule has 0 saturated heterocycles. The Balaban J connectivity index is 2.34. The summed E-state index contributed by atoms with van der Waals surface area (Å²) in [6.07, 6.45) is 3.45. The average molecular weight is 238 g/mol. The molecule has 68 valence electrons. The summed E-state index contributed by atoms with van der Waals surface area (Å²) in [5.41, 5.74) is 2.72. The lowest BCUT2D eigenvalue weighted by Crippen LogP contribution is -2.21. The SMILES string of the molecule is Brc1ccccc1C1=CCCNC1. The van der Waals surface area contributed by atoms with E-state index in [0.29, 0.717) is 0 Å². The number of hydrogen-bond acceptors (Lipinski definition) is 1. The van der Waals surface area contributed by atoms with Crippen LogP contribution < -0.4 is 5.32 Å². The quantitative estimate of drug-likeness (QED) is 0.793. The predicted octanol–water partition coefficient (Wildman–Crippen LogP) is 2.83. The van der Waals surface area contributed by atoms with Gasteiger partial charge in [-0.1, -0.05) is 40.2 Å². The van der Waals surface area contributed by atoms with E-state index in [1.54, 1.807) is 0 Å². The molecule has 2 heteroatoms. The highest BCUT2D eigenvalue weighted by molar-refractivity contribution is 9.10. The summed E-state index contributed by atoms with van der Waals surface area (Å²) in [6, 6.07) is 8.37. The lowest BCUT2D eigenvalue weighted by atomic mass is 10.0. The van der Waals surface area contributed by atoms with Crippen LogP contribution in [0.15, 0.2) is 34.8 Å². The second-order valence-corrected chi connectivity index (χ2v) is 4.03. The van der Waals surface area contributed by atoms with E-state index in [-0.39, 0.29) is 0 Å². The summed E-state index contributed by atoms with van der Waals surface area (Å²) in [5, 5.41) is 3.37. The van der Waals surface area contributed by atoms with Gasteiger partial charge in [-0.25, -0.2) is 0 Å². The van der Waals surface area contributed by atoms with Crippen molar-refractivity contribution in [3.8, 4) is 0 Å². The van der Waals surface area contributed by atoms with Crippen molar-refractivity contribution in [2.75, 3.05) is 13.1 Å². The van der Waals surface area contributed by atoms with Crippen LogP contribution in [-0.2, 0) is 0 Å². The van der Waals surface area contributed by atoms with Gasteiger partial charge in [0.2, 0.25) is 0 Å². The Morgan fingerprint density at radius 1 is 1.23 bits per heavy atom. The third-order valence-corrected chi connectivity index (χ3v) is 2.94. The first kappa shape index (κ1) is 8.97. The molecule has 0 spiro atoms. The Kier molecular flexibility index (Phi) is 2.81. The van der Waals surface area contributed by atoms with E-state index in [0.717, 1.165) is 19.5 Å². The van der Waals surface area contributed by atoms with E-state index in [4.69, 9.17) is 0 Å². The lowest BCUT2D eigenvalue weighted by Gasteiger charge is -2.15. The molecular formula is C11H12BrN. The minimum Gasteiger partial charge on any atom is -0.312 e. The molecule has 0 unspecified atom stereocenters. The maximum Gasteiger partial charge on any atom is 0.0250 e. The van der Waals surface area contributed by atoms with Crippen molar-refractivity contribution in [1.82, 2.24) is 5.32 Å². The Morgan fingerprint density at radius 3 is 2.77 bits per heavy atom. The van der Waals surface area contributed by atoms with Gasteiger partial charge in [0.25, 0.3) is 0 Å². The Morgan fingerprint density at radius 2 is 2.08 bits per heavy atom. The molecule has 2 rings (SSSR count). The fraction of sp³-hybridized carbons (Fsp3) is 0.273. The van der Waals surface area contributed by atoms with Gasteiger partial charge in [-0.05, 0) is 30.2 Å². The molecule has 0 aromatic heterocycles. The van der Waals surface area contributed by atoms with E-state index in [2.05, 4.69) is 45.5 Å². The zero-order valence-corrected chi connectivity index (χ0v) is 8.97. The first-order valence-electron chi connectivity index (χ1n) is 4.52. The van der Waals surface area contributed by atoms with Gasteiger partial charge in [0, 0.05) is 11.0 Å². The molecule has 0 saturated carbocycles. The number of nitrogens with one attached hydrogen (secondary N) is 1. The third kappa shape index (κ3) is 2.01. The van der Waals surface area contributed by atoms with Crippen molar-refractivity contribution in [3.63, 3.8) is 0 Å². The second kappa shape index (κ2) is 4.07. The number of benzene rings is 1. The highest BCUT2D eigenvalue weighted by atomic mass is 79.9. The molecular weight excluding hydrogens is 226 g/mol. The van der Waals surface area contributed by atoms with Gasteiger partial charge in [-0.3, -0.25) is 0 Å². The minimum atomic E-state index is 0.989. The standard InChI is InChI=1S/C11H12BrN/c12-11-6-2-1-5-10(11)9-4-3-7-13-8-9/h1-2,4-6,13H,3,7-8H2. The minimum absolute atomic E-state index is 0.989. The van der Waals surface area contributed by atoms with Crippen LogP contribution in [0.25, 0.3) is 5.57 Å². The molecule has 1 aliphatic rings. The Labute approximate surface area is 87.0 Å². The molecule has 0 aliphatic carbocycles. The van der Waals surface area contributed by atoms with Crippen molar-refractivity contribution in [1.29, 1.82) is 0 Å². The van der Waals surface area contributed by atoms with Crippen LogP contribution in [0, 0.1) is 0 Å². The van der Waals surface area contributed by atoms with Crippen LogP contribution in [-0.4, -0.2) is 13.1 Å². The van der Waals surface area contributed by atoms with Crippen LogP contribution in [0.2, 0.25) is 0 Å². The van der Waals surface area contributed by atoms with Gasteiger partial charge < -0.3 is 5.32 Å². The topological polar surface area (TPSA) is 12.0 Å². The largest absolute Gasteiger partial charge is 0.312 e. The lowest BCUT2D eigenvalue weighted by molar-refractivity contribution is 0.739. The molecule has 0 radical (unpaired) electrons. The number of halogens is 1. The zero-order chi connectivity index (χ0) is 9.10. The van der Waals surface area contributed by atoms with Gasteiger partial charge >= 0.3 is 0 Å². The van der Waals surface area contributed by atoms with Crippen LogP contribution in [0.3, 0.4) is 0 Å². The van der Waals surface area contributed by atoms with Gasteiger partial charge in [0.15, 0.2) is 0 Å².